The lowest BCUT2D eigenvalue weighted by Crippen LogP contribution is -2.70. The SMILES string of the molecule is O=C(CSc1cc(Cl)nc(Cl)c1)N[C@@H]1C(=O)N2C(C(=O)O)=C(/C=C/Cc3ncccn3)CS[C@H]12. The Bertz CT molecular complexity index is 1170. The molecular formula is C21H17Cl2N5O4S2. The second-order valence-corrected chi connectivity index (χ2v) is 10.1. The smallest absolute Gasteiger partial charge is 0.352 e. The van der Waals surface area contributed by atoms with E-state index in [0.29, 0.717) is 28.5 Å². The normalized spacial score (nSPS) is 19.7. The largest absolute Gasteiger partial charge is 0.477 e. The van der Waals surface area contributed by atoms with Gasteiger partial charge in [-0.25, -0.2) is 19.7 Å². The lowest BCUT2D eigenvalue weighted by atomic mass is 10.0. The summed E-state index contributed by atoms with van der Waals surface area (Å²) < 4.78 is 0. The van der Waals surface area contributed by atoms with Gasteiger partial charge in [0.1, 0.15) is 33.2 Å². The van der Waals surface area contributed by atoms with Crippen LogP contribution in [0, 0.1) is 0 Å². The molecule has 1 saturated heterocycles. The van der Waals surface area contributed by atoms with Crippen LogP contribution in [0.15, 0.2) is 58.9 Å². The number of fused-ring (bicyclic) bond motifs is 1. The predicted molar refractivity (Wildman–Crippen MR) is 130 cm³/mol. The highest BCUT2D eigenvalue weighted by atomic mass is 35.5. The van der Waals surface area contributed by atoms with Crippen LogP contribution in [0.3, 0.4) is 0 Å². The van der Waals surface area contributed by atoms with E-state index in [-0.39, 0.29) is 27.7 Å². The molecule has 0 spiro atoms. The van der Waals surface area contributed by atoms with Gasteiger partial charge in [-0.2, -0.15) is 0 Å². The van der Waals surface area contributed by atoms with E-state index in [2.05, 4.69) is 20.3 Å². The molecule has 13 heteroatoms. The van der Waals surface area contributed by atoms with Gasteiger partial charge in [0.15, 0.2) is 0 Å². The number of aromatic nitrogens is 3. The van der Waals surface area contributed by atoms with Crippen LogP contribution in [0.4, 0.5) is 0 Å². The molecule has 9 nitrogen and oxygen atoms in total. The molecule has 2 atom stereocenters. The van der Waals surface area contributed by atoms with Crippen LogP contribution >= 0.6 is 46.7 Å². The quantitative estimate of drug-likeness (QED) is 0.297. The monoisotopic (exact) mass is 537 g/mol. The minimum absolute atomic E-state index is 0.0367. The molecule has 0 unspecified atom stereocenters. The van der Waals surface area contributed by atoms with Gasteiger partial charge in [-0.15, -0.1) is 23.5 Å². The molecule has 176 valence electrons. The number of carbonyl (C=O) groups is 3. The predicted octanol–water partition coefficient (Wildman–Crippen LogP) is 2.81. The Kier molecular flexibility index (Phi) is 7.77. The van der Waals surface area contributed by atoms with E-state index in [4.69, 9.17) is 23.2 Å². The lowest BCUT2D eigenvalue weighted by Gasteiger charge is -2.49. The Morgan fingerprint density at radius 1 is 1.26 bits per heavy atom. The van der Waals surface area contributed by atoms with Crippen LogP contribution in [0.1, 0.15) is 5.82 Å². The Morgan fingerprint density at radius 3 is 2.65 bits per heavy atom. The summed E-state index contributed by atoms with van der Waals surface area (Å²) in [5.74, 6) is -0.982. The van der Waals surface area contributed by atoms with Gasteiger partial charge in [0.25, 0.3) is 5.91 Å². The van der Waals surface area contributed by atoms with E-state index in [0.717, 1.165) is 0 Å². The number of allylic oxidation sites excluding steroid dienone is 2. The summed E-state index contributed by atoms with van der Waals surface area (Å²) in [6, 6.07) is 4.09. The van der Waals surface area contributed by atoms with Gasteiger partial charge in [0.05, 0.1) is 5.75 Å². The van der Waals surface area contributed by atoms with Gasteiger partial charge in [-0.05, 0) is 23.8 Å². The van der Waals surface area contributed by atoms with E-state index >= 15 is 0 Å². The maximum Gasteiger partial charge on any atom is 0.352 e. The first-order chi connectivity index (χ1) is 16.3. The fraction of sp³-hybridized carbons (Fsp3) is 0.238. The number of carboxylic acid groups (broad SMARTS) is 1. The van der Waals surface area contributed by atoms with Crippen molar-refractivity contribution in [3.8, 4) is 0 Å². The van der Waals surface area contributed by atoms with Crippen molar-refractivity contribution in [2.75, 3.05) is 11.5 Å². The number of carboxylic acids is 1. The Labute approximate surface area is 213 Å². The maximum absolute atomic E-state index is 12.8. The molecular weight excluding hydrogens is 521 g/mol. The number of carbonyl (C=O) groups excluding carboxylic acids is 2. The number of nitrogens with one attached hydrogen (secondary N) is 1. The van der Waals surface area contributed by atoms with E-state index in [9.17, 15) is 19.5 Å². The number of nitrogens with zero attached hydrogens (tertiary/aromatic N) is 4. The Morgan fingerprint density at radius 2 is 1.97 bits per heavy atom. The van der Waals surface area contributed by atoms with Crippen LogP contribution in [0.5, 0.6) is 0 Å². The molecule has 0 saturated carbocycles. The van der Waals surface area contributed by atoms with Gasteiger partial charge in [-0.3, -0.25) is 14.5 Å². The van der Waals surface area contributed by atoms with Gasteiger partial charge < -0.3 is 10.4 Å². The van der Waals surface area contributed by atoms with Crippen LogP contribution in [-0.4, -0.2) is 65.7 Å². The van der Waals surface area contributed by atoms with Gasteiger partial charge in [-0.1, -0.05) is 35.4 Å². The van der Waals surface area contributed by atoms with Crippen molar-refractivity contribution in [3.05, 3.63) is 70.1 Å². The van der Waals surface area contributed by atoms with Crippen LogP contribution in [0.25, 0.3) is 0 Å². The number of halogens is 2. The third-order valence-electron chi connectivity index (χ3n) is 4.86. The number of amides is 2. The van der Waals surface area contributed by atoms with Crippen molar-refractivity contribution in [2.24, 2.45) is 0 Å². The van der Waals surface area contributed by atoms with Gasteiger partial charge >= 0.3 is 5.97 Å². The van der Waals surface area contributed by atoms with Gasteiger partial charge in [0, 0.05) is 29.5 Å². The number of β-lactam (4-membered cyclic amide) rings is 1. The first-order valence-electron chi connectivity index (χ1n) is 9.92. The molecule has 2 amide bonds. The maximum atomic E-state index is 12.8. The molecule has 2 aliphatic heterocycles. The number of thioether (sulfide) groups is 2. The molecule has 0 radical (unpaired) electrons. The number of hydrogen-bond donors (Lipinski definition) is 2. The second kappa shape index (κ2) is 10.8. The first kappa shape index (κ1) is 24.5. The average molecular weight is 538 g/mol. The zero-order chi connectivity index (χ0) is 24.2. The highest BCUT2D eigenvalue weighted by molar-refractivity contribution is 8.00. The Hall–Kier alpha value is -2.60. The molecule has 0 bridgehead atoms. The van der Waals surface area contributed by atoms with E-state index in [1.807, 2.05) is 0 Å². The van der Waals surface area contributed by atoms with Crippen molar-refractivity contribution < 1.29 is 19.5 Å². The molecule has 2 aliphatic rings. The summed E-state index contributed by atoms with van der Waals surface area (Å²) in [4.78, 5) is 51.1. The van der Waals surface area contributed by atoms with Crippen molar-refractivity contribution in [3.63, 3.8) is 0 Å². The summed E-state index contributed by atoms with van der Waals surface area (Å²) in [5, 5.41) is 12.4. The molecule has 4 rings (SSSR count). The number of rotatable bonds is 8. The second-order valence-electron chi connectivity index (χ2n) is 7.14. The highest BCUT2D eigenvalue weighted by Gasteiger charge is 2.53. The number of aliphatic carboxylic acids is 1. The zero-order valence-electron chi connectivity index (χ0n) is 17.4. The minimum Gasteiger partial charge on any atom is -0.477 e. The summed E-state index contributed by atoms with van der Waals surface area (Å²) in [6.07, 6.45) is 7.15. The number of hydrogen-bond acceptors (Lipinski definition) is 8. The topological polar surface area (TPSA) is 125 Å². The number of pyridine rings is 1. The molecule has 0 aliphatic carbocycles. The van der Waals surface area contributed by atoms with Crippen molar-refractivity contribution in [1.29, 1.82) is 0 Å². The van der Waals surface area contributed by atoms with Crippen molar-refractivity contribution in [1.82, 2.24) is 25.2 Å². The third-order valence-corrected chi connectivity index (χ3v) is 7.53. The fourth-order valence-electron chi connectivity index (χ4n) is 3.40. The molecule has 2 aromatic rings. The highest BCUT2D eigenvalue weighted by Crippen LogP contribution is 2.40. The average Bonchev–Trinajstić information content (AvgIpc) is 2.80. The van der Waals surface area contributed by atoms with E-state index < -0.39 is 23.3 Å². The van der Waals surface area contributed by atoms with Crippen molar-refractivity contribution >= 4 is 64.5 Å². The summed E-state index contributed by atoms with van der Waals surface area (Å²) in [6.45, 7) is 0. The molecule has 1 fully saturated rings. The minimum atomic E-state index is -1.19. The molecule has 2 N–H and O–H groups in total. The molecule has 2 aromatic heterocycles. The third kappa shape index (κ3) is 5.54. The molecule has 4 heterocycles. The summed E-state index contributed by atoms with van der Waals surface area (Å²) >= 11 is 14.3. The van der Waals surface area contributed by atoms with Gasteiger partial charge in [0.2, 0.25) is 5.91 Å². The molecule has 0 aromatic carbocycles. The summed E-state index contributed by atoms with van der Waals surface area (Å²) in [7, 11) is 0. The Balaban J connectivity index is 1.38. The van der Waals surface area contributed by atoms with Crippen molar-refractivity contribution in [2.45, 2.75) is 22.7 Å². The van der Waals surface area contributed by atoms with Crippen LogP contribution < -0.4 is 5.32 Å². The fourth-order valence-corrected chi connectivity index (χ4v) is 6.08. The molecule has 34 heavy (non-hydrogen) atoms. The zero-order valence-corrected chi connectivity index (χ0v) is 20.5. The standard InChI is InChI=1S/C21H17Cl2N5O4S2/c22-13-7-12(8-14(23)26-13)33-10-16(29)27-17-19(30)28-18(21(31)32)11(9-34-20(17)28)3-1-4-15-24-5-2-6-25-15/h1-3,5-8,17,20H,4,9-10H2,(H,27,29)(H,31,32)/b3-1+/t17-,20-/m1/s1. The summed E-state index contributed by atoms with van der Waals surface area (Å²) in [5.41, 5.74) is 0.449. The first-order valence-corrected chi connectivity index (χ1v) is 12.7. The van der Waals surface area contributed by atoms with Crippen LogP contribution in [0.2, 0.25) is 10.3 Å². The van der Waals surface area contributed by atoms with E-state index in [1.54, 1.807) is 42.7 Å². The van der Waals surface area contributed by atoms with Crippen LogP contribution in [-0.2, 0) is 20.8 Å². The van der Waals surface area contributed by atoms with E-state index in [1.165, 1.54) is 28.4 Å². The lowest BCUT2D eigenvalue weighted by molar-refractivity contribution is -0.150.